The molecule has 0 spiro atoms. The van der Waals surface area contributed by atoms with Crippen LogP contribution in [0, 0.1) is 0 Å². The lowest BCUT2D eigenvalue weighted by Crippen LogP contribution is -2.25. The summed E-state index contributed by atoms with van der Waals surface area (Å²) in [6.07, 6.45) is 0. The maximum Gasteiger partial charge on any atom is 0.323 e. The monoisotopic (exact) mass is 262 g/mol. The Bertz CT molecular complexity index is 605. The van der Waals surface area contributed by atoms with Gasteiger partial charge in [0.15, 0.2) is 0 Å². The van der Waals surface area contributed by atoms with E-state index in [1.54, 1.807) is 20.1 Å². The summed E-state index contributed by atoms with van der Waals surface area (Å²) in [6.45, 7) is 1.57. The summed E-state index contributed by atoms with van der Waals surface area (Å²) < 4.78 is 3.96. The van der Waals surface area contributed by atoms with Crippen molar-refractivity contribution >= 4 is 29.4 Å². The molecule has 0 aliphatic heterocycles. The number of carboxylic acid groups (broad SMARTS) is 1. The van der Waals surface area contributed by atoms with Crippen LogP contribution in [0.4, 0.5) is 0 Å². The smallest absolute Gasteiger partial charge is 0.323 e. The minimum Gasteiger partial charge on any atom is -0.497 e. The minimum absolute atomic E-state index is 0.663. The highest BCUT2D eigenvalue weighted by atomic mass is 32.1. The zero-order valence-corrected chi connectivity index (χ0v) is 11.1. The highest BCUT2D eigenvalue weighted by Crippen LogP contribution is 2.31. The Morgan fingerprint density at radius 2 is 1.83 bits per heavy atom. The van der Waals surface area contributed by atoms with Crippen LogP contribution >= 0.6 is 12.6 Å². The van der Waals surface area contributed by atoms with Crippen molar-refractivity contribution in [1.82, 2.24) is 0 Å². The van der Waals surface area contributed by atoms with E-state index in [2.05, 4.69) is 12.6 Å². The van der Waals surface area contributed by atoms with Gasteiger partial charge >= 0.3 is 5.97 Å². The van der Waals surface area contributed by atoms with Crippen LogP contribution in [0.3, 0.4) is 0 Å². The number of fused-ring (bicyclic) bond motifs is 1. The Kier molecular flexibility index (Phi) is 3.22. The molecule has 2 aromatic rings. The van der Waals surface area contributed by atoms with Crippen molar-refractivity contribution in [1.29, 1.82) is 0 Å². The van der Waals surface area contributed by atoms with E-state index < -0.39 is 10.7 Å². The van der Waals surface area contributed by atoms with Gasteiger partial charge < -0.3 is 9.84 Å². The van der Waals surface area contributed by atoms with Crippen molar-refractivity contribution < 1.29 is 14.6 Å². The lowest BCUT2D eigenvalue weighted by atomic mass is 9.97. The van der Waals surface area contributed by atoms with Gasteiger partial charge in [0.2, 0.25) is 0 Å². The van der Waals surface area contributed by atoms with Crippen molar-refractivity contribution in [2.45, 2.75) is 11.7 Å². The Labute approximate surface area is 111 Å². The van der Waals surface area contributed by atoms with Gasteiger partial charge in [0.1, 0.15) is 10.5 Å². The molecule has 1 atom stereocenters. The van der Waals surface area contributed by atoms with E-state index >= 15 is 0 Å². The predicted octanol–water partition coefficient (Wildman–Crippen LogP) is 3.08. The molecule has 0 saturated carbocycles. The molecule has 4 heteroatoms. The van der Waals surface area contributed by atoms with Gasteiger partial charge in [0.05, 0.1) is 7.11 Å². The third-order valence-corrected chi connectivity index (χ3v) is 3.48. The molecule has 1 unspecified atom stereocenters. The fourth-order valence-electron chi connectivity index (χ4n) is 1.78. The number of carboxylic acids is 1. The van der Waals surface area contributed by atoms with Gasteiger partial charge in [-0.15, -0.1) is 0 Å². The number of rotatable bonds is 3. The van der Waals surface area contributed by atoms with Crippen LogP contribution in [-0.4, -0.2) is 18.2 Å². The molecule has 0 aliphatic rings. The molecule has 3 nitrogen and oxygen atoms in total. The first-order valence-electron chi connectivity index (χ1n) is 5.49. The maximum absolute atomic E-state index is 11.2. The Hall–Kier alpha value is -1.68. The number of hydrogen-bond acceptors (Lipinski definition) is 3. The standard InChI is InChI=1S/C14H14O3S/c1-14(18,13(15)16)11-5-3-10-8-12(17-2)6-4-9(10)7-11/h3-8,18H,1-2H3,(H,15,16). The summed E-state index contributed by atoms with van der Waals surface area (Å²) in [5.74, 6) is -0.180. The molecule has 0 aliphatic carbocycles. The topological polar surface area (TPSA) is 46.5 Å². The molecular weight excluding hydrogens is 248 g/mol. The minimum atomic E-state index is -1.19. The van der Waals surface area contributed by atoms with Gasteiger partial charge in [-0.05, 0) is 41.5 Å². The lowest BCUT2D eigenvalue weighted by Gasteiger charge is -2.19. The Balaban J connectivity index is 2.55. The molecule has 0 heterocycles. The first-order chi connectivity index (χ1) is 8.45. The largest absolute Gasteiger partial charge is 0.497 e. The summed E-state index contributed by atoms with van der Waals surface area (Å²) in [4.78, 5) is 11.2. The molecule has 0 bridgehead atoms. The van der Waals surface area contributed by atoms with Crippen LogP contribution in [0.2, 0.25) is 0 Å². The SMILES string of the molecule is COc1ccc2cc(C(C)(S)C(=O)O)ccc2c1. The van der Waals surface area contributed by atoms with Crippen molar-refractivity contribution in [2.24, 2.45) is 0 Å². The number of thiol groups is 1. The fourth-order valence-corrected chi connectivity index (χ4v) is 1.92. The highest BCUT2D eigenvalue weighted by molar-refractivity contribution is 7.82. The molecule has 0 amide bonds. The molecular formula is C14H14O3S. The van der Waals surface area contributed by atoms with Crippen LogP contribution in [0.5, 0.6) is 5.75 Å². The lowest BCUT2D eigenvalue weighted by molar-refractivity contribution is -0.139. The van der Waals surface area contributed by atoms with Gasteiger partial charge in [0.25, 0.3) is 0 Å². The molecule has 18 heavy (non-hydrogen) atoms. The van der Waals surface area contributed by atoms with E-state index in [-0.39, 0.29) is 0 Å². The van der Waals surface area contributed by atoms with Gasteiger partial charge in [-0.25, -0.2) is 0 Å². The molecule has 0 aromatic heterocycles. The number of methoxy groups -OCH3 is 1. The van der Waals surface area contributed by atoms with Gasteiger partial charge in [0, 0.05) is 0 Å². The molecule has 0 fully saturated rings. The van der Waals surface area contributed by atoms with Crippen molar-refractivity contribution in [2.75, 3.05) is 7.11 Å². The van der Waals surface area contributed by atoms with Crippen LogP contribution in [0.25, 0.3) is 10.8 Å². The third kappa shape index (κ3) is 2.16. The van der Waals surface area contributed by atoms with E-state index in [0.717, 1.165) is 16.5 Å². The zero-order chi connectivity index (χ0) is 13.3. The third-order valence-electron chi connectivity index (χ3n) is 3.03. The summed E-state index contributed by atoms with van der Waals surface area (Å²) in [6, 6.07) is 11.2. The Morgan fingerprint density at radius 1 is 1.22 bits per heavy atom. The molecule has 94 valence electrons. The average Bonchev–Trinajstić information content (AvgIpc) is 2.37. The van der Waals surface area contributed by atoms with E-state index in [1.165, 1.54) is 0 Å². The van der Waals surface area contributed by atoms with E-state index in [9.17, 15) is 4.79 Å². The summed E-state index contributed by atoms with van der Waals surface area (Å²) >= 11 is 4.21. The molecule has 2 aromatic carbocycles. The van der Waals surface area contributed by atoms with E-state index in [4.69, 9.17) is 9.84 Å². The quantitative estimate of drug-likeness (QED) is 0.836. The number of hydrogen-bond donors (Lipinski definition) is 2. The highest BCUT2D eigenvalue weighted by Gasteiger charge is 2.30. The normalized spacial score (nSPS) is 14.2. The fraction of sp³-hybridized carbons (Fsp3) is 0.214. The van der Waals surface area contributed by atoms with Gasteiger partial charge in [-0.3, -0.25) is 4.79 Å². The number of aliphatic carboxylic acids is 1. The van der Waals surface area contributed by atoms with Crippen LogP contribution in [-0.2, 0) is 9.54 Å². The van der Waals surface area contributed by atoms with Crippen molar-refractivity contribution in [3.05, 3.63) is 42.0 Å². The molecule has 1 N–H and O–H groups in total. The van der Waals surface area contributed by atoms with Crippen LogP contribution in [0.15, 0.2) is 36.4 Å². The molecule has 2 rings (SSSR count). The number of benzene rings is 2. The average molecular weight is 262 g/mol. The first-order valence-corrected chi connectivity index (χ1v) is 5.94. The van der Waals surface area contributed by atoms with Crippen molar-refractivity contribution in [3.63, 3.8) is 0 Å². The second kappa shape index (κ2) is 4.53. The first kappa shape index (κ1) is 12.8. The Morgan fingerprint density at radius 3 is 2.44 bits per heavy atom. The number of ether oxygens (including phenoxy) is 1. The van der Waals surface area contributed by atoms with Crippen molar-refractivity contribution in [3.8, 4) is 5.75 Å². The van der Waals surface area contributed by atoms with Gasteiger partial charge in [-0.2, -0.15) is 12.6 Å². The van der Waals surface area contributed by atoms with Crippen LogP contribution in [0.1, 0.15) is 12.5 Å². The second-order valence-electron chi connectivity index (χ2n) is 4.31. The summed E-state index contributed by atoms with van der Waals surface area (Å²) in [5, 5.41) is 11.1. The van der Waals surface area contributed by atoms with E-state index in [0.29, 0.717) is 5.56 Å². The molecule has 0 radical (unpaired) electrons. The van der Waals surface area contributed by atoms with Crippen LogP contribution < -0.4 is 4.74 Å². The predicted molar refractivity (Wildman–Crippen MR) is 74.5 cm³/mol. The maximum atomic E-state index is 11.2. The summed E-state index contributed by atoms with van der Waals surface area (Å²) in [7, 11) is 1.62. The van der Waals surface area contributed by atoms with Gasteiger partial charge in [-0.1, -0.05) is 18.2 Å². The summed E-state index contributed by atoms with van der Waals surface area (Å²) in [5.41, 5.74) is 0.663. The molecule has 0 saturated heterocycles. The second-order valence-corrected chi connectivity index (χ2v) is 5.20. The zero-order valence-electron chi connectivity index (χ0n) is 10.2. The number of carbonyl (C=O) groups is 1. The van der Waals surface area contributed by atoms with E-state index in [1.807, 2.05) is 30.3 Å².